The number of carboxylic acids is 1. The largest absolute Gasteiger partial charge is 1.00 e. The van der Waals surface area contributed by atoms with Crippen LogP contribution in [0.4, 0.5) is 0 Å². The summed E-state index contributed by atoms with van der Waals surface area (Å²) in [4.78, 5) is 45.2. The maximum absolute atomic E-state index is 12.0. The number of nitro groups is 1. The molecular weight excluding hydrogens is 325 g/mol. The Morgan fingerprint density at radius 2 is 2.14 bits per heavy atom. The van der Waals surface area contributed by atoms with Gasteiger partial charge in [-0.2, -0.15) is 0 Å². The fourth-order valence-electron chi connectivity index (χ4n) is 2.20. The topological polar surface area (TPSA) is 133 Å². The van der Waals surface area contributed by atoms with E-state index in [1.54, 1.807) is 6.92 Å². The molecule has 1 N–H and O–H groups in total. The van der Waals surface area contributed by atoms with Gasteiger partial charge in [0.1, 0.15) is 11.4 Å². The smallest absolute Gasteiger partial charge is 0.543 e. The summed E-state index contributed by atoms with van der Waals surface area (Å²) in [5.74, 6) is -2.16. The Morgan fingerprint density at radius 3 is 2.68 bits per heavy atom. The van der Waals surface area contributed by atoms with E-state index in [4.69, 9.17) is 0 Å². The van der Waals surface area contributed by atoms with Gasteiger partial charge in [-0.3, -0.25) is 24.6 Å². The molecule has 9 nitrogen and oxygen atoms in total. The normalized spacial score (nSPS) is 23.1. The summed E-state index contributed by atoms with van der Waals surface area (Å²) in [6.07, 6.45) is -0.323. The maximum atomic E-state index is 12.0. The van der Waals surface area contributed by atoms with Crippen LogP contribution >= 0.6 is 11.8 Å². The van der Waals surface area contributed by atoms with Gasteiger partial charge in [0.15, 0.2) is 0 Å². The second-order valence-corrected chi connectivity index (χ2v) is 5.78. The average Bonchev–Trinajstić information content (AvgIpc) is 2.41. The van der Waals surface area contributed by atoms with Crippen LogP contribution in [0.25, 0.3) is 0 Å². The molecule has 0 aromatic heterocycles. The van der Waals surface area contributed by atoms with Gasteiger partial charge in [-0.1, -0.05) is 0 Å². The molecule has 2 atom stereocenters. The zero-order valence-electron chi connectivity index (χ0n) is 12.0. The number of rotatable bonds is 5. The summed E-state index contributed by atoms with van der Waals surface area (Å²) in [5.41, 5.74) is 0.377. The number of β-lactam (4-membered cyclic amide) rings is 1. The first-order valence-electron chi connectivity index (χ1n) is 6.10. The molecule has 2 aliphatic heterocycles. The number of nitrogens with zero attached hydrogens (tertiary/aromatic N) is 2. The van der Waals surface area contributed by atoms with E-state index in [2.05, 4.69) is 5.32 Å². The van der Waals surface area contributed by atoms with E-state index >= 15 is 0 Å². The molecule has 0 radical (unpaired) electrons. The SMILES string of the molecule is CC1=C(C(=O)[O-])N2C(=O)C(NC(=O)CC[N+](=O)[O-])[C@@H]2SC1.[Na+]. The second-order valence-electron chi connectivity index (χ2n) is 4.68. The molecular formula is C11H12N3NaO6S. The van der Waals surface area contributed by atoms with Gasteiger partial charge in [-0.05, 0) is 12.5 Å². The van der Waals surface area contributed by atoms with Crippen molar-refractivity contribution in [3.8, 4) is 0 Å². The number of hydrogen-bond acceptors (Lipinski definition) is 7. The van der Waals surface area contributed by atoms with Crippen LogP contribution in [-0.2, 0) is 14.4 Å². The van der Waals surface area contributed by atoms with Crippen LogP contribution in [0, 0.1) is 10.1 Å². The average molecular weight is 337 g/mol. The van der Waals surface area contributed by atoms with E-state index in [1.165, 1.54) is 11.8 Å². The van der Waals surface area contributed by atoms with Crippen molar-refractivity contribution in [2.75, 3.05) is 12.3 Å². The maximum Gasteiger partial charge on any atom is 1.00 e. The molecule has 2 aliphatic rings. The Balaban J connectivity index is 0.00000242. The van der Waals surface area contributed by atoms with E-state index in [9.17, 15) is 29.6 Å². The minimum Gasteiger partial charge on any atom is -0.543 e. The first-order chi connectivity index (χ1) is 9.82. The van der Waals surface area contributed by atoms with Gasteiger partial charge in [-0.15, -0.1) is 11.8 Å². The van der Waals surface area contributed by atoms with Crippen molar-refractivity contribution in [1.82, 2.24) is 10.2 Å². The van der Waals surface area contributed by atoms with E-state index in [0.29, 0.717) is 11.3 Å². The Morgan fingerprint density at radius 1 is 1.50 bits per heavy atom. The summed E-state index contributed by atoms with van der Waals surface area (Å²) in [6.45, 7) is 1.09. The van der Waals surface area contributed by atoms with Crippen molar-refractivity contribution in [3.05, 3.63) is 21.4 Å². The van der Waals surface area contributed by atoms with Crippen molar-refractivity contribution >= 4 is 29.5 Å². The predicted octanol–water partition coefficient (Wildman–Crippen LogP) is -4.92. The van der Waals surface area contributed by atoms with Gasteiger partial charge in [0.25, 0.3) is 5.91 Å². The Labute approximate surface area is 151 Å². The number of carbonyl (C=O) groups is 3. The molecule has 0 bridgehead atoms. The van der Waals surface area contributed by atoms with Crippen LogP contribution < -0.4 is 40.0 Å². The van der Waals surface area contributed by atoms with Gasteiger partial charge in [0.05, 0.1) is 18.1 Å². The molecule has 114 valence electrons. The minimum absolute atomic E-state index is 0. The Kier molecular flexibility index (Phi) is 6.41. The number of carbonyl (C=O) groups excluding carboxylic acids is 3. The molecule has 2 heterocycles. The molecule has 0 saturated carbocycles. The summed E-state index contributed by atoms with van der Waals surface area (Å²) >= 11 is 1.33. The monoisotopic (exact) mass is 337 g/mol. The van der Waals surface area contributed by atoms with E-state index in [0.717, 1.165) is 4.90 Å². The van der Waals surface area contributed by atoms with Crippen LogP contribution in [-0.4, -0.2) is 51.3 Å². The van der Waals surface area contributed by atoms with Crippen LogP contribution in [0.3, 0.4) is 0 Å². The van der Waals surface area contributed by atoms with Gasteiger partial charge in [-0.25, -0.2) is 0 Å². The van der Waals surface area contributed by atoms with Crippen molar-refractivity contribution < 1.29 is 54.0 Å². The van der Waals surface area contributed by atoms with Gasteiger partial charge in [0.2, 0.25) is 12.5 Å². The van der Waals surface area contributed by atoms with Crippen molar-refractivity contribution in [2.45, 2.75) is 24.8 Å². The van der Waals surface area contributed by atoms with E-state index in [-0.39, 0.29) is 41.7 Å². The third kappa shape index (κ3) is 3.62. The number of nitrogens with one attached hydrogen (secondary N) is 1. The van der Waals surface area contributed by atoms with Crippen LogP contribution in [0.5, 0.6) is 0 Å². The molecule has 0 spiro atoms. The molecule has 0 aromatic rings. The van der Waals surface area contributed by atoms with Gasteiger partial charge < -0.3 is 15.2 Å². The van der Waals surface area contributed by atoms with Gasteiger partial charge in [0, 0.05) is 10.7 Å². The molecule has 0 aromatic carbocycles. The van der Waals surface area contributed by atoms with Gasteiger partial charge >= 0.3 is 29.6 Å². The summed E-state index contributed by atoms with van der Waals surface area (Å²) < 4.78 is 0. The second kappa shape index (κ2) is 7.44. The third-order valence-electron chi connectivity index (χ3n) is 3.19. The number of thioether (sulfide) groups is 1. The first-order valence-corrected chi connectivity index (χ1v) is 7.14. The number of aliphatic carboxylic acids is 1. The number of hydrogen-bond donors (Lipinski definition) is 1. The van der Waals surface area contributed by atoms with E-state index < -0.39 is 40.7 Å². The number of carboxylic acid groups (broad SMARTS) is 1. The third-order valence-corrected chi connectivity index (χ3v) is 4.61. The zero-order chi connectivity index (χ0) is 15.7. The molecule has 1 saturated heterocycles. The zero-order valence-corrected chi connectivity index (χ0v) is 14.8. The first kappa shape index (κ1) is 18.9. The minimum atomic E-state index is -1.43. The molecule has 2 rings (SSSR count). The number of fused-ring (bicyclic) bond motifs is 1. The summed E-state index contributed by atoms with van der Waals surface area (Å²) in [5, 5.41) is 23.2. The summed E-state index contributed by atoms with van der Waals surface area (Å²) in [6, 6.07) is -0.850. The number of amides is 2. The molecule has 2 amide bonds. The quantitative estimate of drug-likeness (QED) is 0.230. The predicted molar refractivity (Wildman–Crippen MR) is 69.2 cm³/mol. The molecule has 22 heavy (non-hydrogen) atoms. The van der Waals surface area contributed by atoms with Crippen LogP contribution in [0.1, 0.15) is 13.3 Å². The molecule has 1 fully saturated rings. The molecule has 1 unspecified atom stereocenters. The van der Waals surface area contributed by atoms with E-state index in [1.807, 2.05) is 0 Å². The van der Waals surface area contributed by atoms with Crippen LogP contribution in [0.2, 0.25) is 0 Å². The molecule has 0 aliphatic carbocycles. The fourth-order valence-corrected chi connectivity index (χ4v) is 3.49. The standard InChI is InChI=1S/C11H13N3O6S.Na/c1-5-4-21-10-7(12-6(15)2-3-13(19)20)9(16)14(10)8(5)11(17)18;/h7,10H,2-4H2,1H3,(H,12,15)(H,17,18);/q;+1/p-1/t7?,10-;/m0./s1. The van der Waals surface area contributed by atoms with Crippen LogP contribution in [0.15, 0.2) is 11.3 Å². The fraction of sp³-hybridized carbons (Fsp3) is 0.545. The molecule has 11 heteroatoms. The summed E-state index contributed by atoms with van der Waals surface area (Å²) in [7, 11) is 0. The van der Waals surface area contributed by atoms with Crippen molar-refractivity contribution in [3.63, 3.8) is 0 Å². The Bertz CT molecular complexity index is 566. The van der Waals surface area contributed by atoms with Crippen molar-refractivity contribution in [1.29, 1.82) is 0 Å². The Hall–Kier alpha value is -1.10. The van der Waals surface area contributed by atoms with Crippen molar-refractivity contribution in [2.24, 2.45) is 0 Å².